The molecule has 0 bridgehead atoms. The molecule has 11 nitrogen and oxygen atoms in total. The number of nitrogens with one attached hydrogen (secondary N) is 5. The Kier molecular flexibility index (Phi) is 11.8. The summed E-state index contributed by atoms with van der Waals surface area (Å²) >= 11 is 0. The Morgan fingerprint density at radius 3 is 2.49 bits per heavy atom. The number of benzene rings is 2. The van der Waals surface area contributed by atoms with E-state index in [1.54, 1.807) is 18.1 Å². The Hall–Kier alpha value is -4.95. The molecule has 2 aromatic carbocycles. The Balaban J connectivity index is 0.999. The molecule has 5 rings (SSSR count). The van der Waals surface area contributed by atoms with E-state index in [1.807, 2.05) is 54.6 Å². The van der Waals surface area contributed by atoms with Crippen LogP contribution in [0.4, 0.5) is 0 Å². The number of carbonyl (C=O) groups is 4. The topological polar surface area (TPSA) is 148 Å². The Labute approximate surface area is 275 Å². The summed E-state index contributed by atoms with van der Waals surface area (Å²) in [6.07, 6.45) is 6.98. The number of carbonyl (C=O) groups excluding carboxylic acids is 4. The number of aromatic amines is 1. The average molecular weight is 638 g/mol. The zero-order valence-corrected chi connectivity index (χ0v) is 26.8. The van der Waals surface area contributed by atoms with E-state index in [4.69, 9.17) is 0 Å². The van der Waals surface area contributed by atoms with Crippen LogP contribution in [0.15, 0.2) is 60.8 Å². The fourth-order valence-corrected chi connectivity index (χ4v) is 5.63. The highest BCUT2D eigenvalue weighted by atomic mass is 16.2. The van der Waals surface area contributed by atoms with Crippen LogP contribution in [0.25, 0.3) is 0 Å². The molecule has 1 aliphatic carbocycles. The third-order valence-corrected chi connectivity index (χ3v) is 8.44. The van der Waals surface area contributed by atoms with Crippen molar-refractivity contribution < 1.29 is 19.2 Å². The Bertz CT molecular complexity index is 1590. The van der Waals surface area contributed by atoms with Crippen molar-refractivity contribution in [3.63, 3.8) is 0 Å². The number of rotatable bonds is 14. The molecular weight excluding hydrogens is 594 g/mol. The van der Waals surface area contributed by atoms with Gasteiger partial charge in [-0.05, 0) is 74.8 Å². The molecule has 1 saturated carbocycles. The van der Waals surface area contributed by atoms with Crippen LogP contribution < -0.4 is 21.3 Å². The van der Waals surface area contributed by atoms with E-state index < -0.39 is 6.04 Å². The van der Waals surface area contributed by atoms with Gasteiger partial charge in [0.25, 0.3) is 0 Å². The van der Waals surface area contributed by atoms with E-state index in [9.17, 15) is 19.2 Å². The molecule has 3 aromatic rings. The molecule has 2 unspecified atom stereocenters. The van der Waals surface area contributed by atoms with E-state index in [0.717, 1.165) is 42.4 Å². The minimum Gasteiger partial charge on any atom is -0.354 e. The zero-order chi connectivity index (χ0) is 33.0. The molecule has 2 fully saturated rings. The maximum atomic E-state index is 12.8. The standard InChI is InChI=1S/C36H43N7O4/c1-37-33(27-8-3-2-4-9-27)36(47)38-20-6-5-11-31(44)39-22-26-14-12-25(13-15-26)16-19-29-23-40-34(42-29)30-10-7-21-43(30)32(45)24-41-35(46)28-17-18-28/h2-4,8-9,12-15,23,28,30,33,37H,5-7,10-11,17-18,20-22,24H2,1H3,(H,38,47)(H,39,44)(H,40,42)(H,41,46). The SMILES string of the molecule is CNC(C(=O)NCCCCC(=O)NCc1ccc(C#Cc2cnc(C3CCCN3C(=O)CNC(=O)C3CC3)[nH]2)cc1)c1ccccc1. The van der Waals surface area contributed by atoms with Crippen LogP contribution in [0, 0.1) is 17.8 Å². The van der Waals surface area contributed by atoms with E-state index in [2.05, 4.69) is 43.1 Å². The predicted octanol–water partition coefficient (Wildman–Crippen LogP) is 2.86. The van der Waals surface area contributed by atoms with Gasteiger partial charge < -0.3 is 31.2 Å². The molecule has 0 spiro atoms. The molecule has 246 valence electrons. The van der Waals surface area contributed by atoms with Gasteiger partial charge in [0.1, 0.15) is 17.6 Å². The van der Waals surface area contributed by atoms with Crippen LogP contribution in [0.5, 0.6) is 0 Å². The number of likely N-dealkylation sites (N-methyl/N-ethyl adjacent to an activating group) is 1. The lowest BCUT2D eigenvalue weighted by atomic mass is 10.1. The highest BCUT2D eigenvalue weighted by Gasteiger charge is 2.33. The first-order valence-corrected chi connectivity index (χ1v) is 16.4. The largest absolute Gasteiger partial charge is 0.354 e. The van der Waals surface area contributed by atoms with Crippen molar-refractivity contribution in [3.8, 4) is 11.8 Å². The molecule has 2 aliphatic rings. The summed E-state index contributed by atoms with van der Waals surface area (Å²) in [5.74, 6) is 6.79. The number of unbranched alkanes of at least 4 members (excludes halogenated alkanes) is 1. The van der Waals surface area contributed by atoms with Gasteiger partial charge in [-0.1, -0.05) is 48.4 Å². The average Bonchev–Trinajstić information content (AvgIpc) is 3.64. The maximum absolute atomic E-state index is 12.8. The number of H-pyrrole nitrogens is 1. The third-order valence-electron chi connectivity index (χ3n) is 8.44. The molecule has 2 heterocycles. The zero-order valence-electron chi connectivity index (χ0n) is 26.8. The third kappa shape index (κ3) is 9.77. The molecule has 1 aromatic heterocycles. The van der Waals surface area contributed by atoms with Gasteiger partial charge in [0, 0.05) is 37.5 Å². The number of aromatic nitrogens is 2. The van der Waals surface area contributed by atoms with Crippen LogP contribution in [-0.2, 0) is 25.7 Å². The molecule has 5 N–H and O–H groups in total. The van der Waals surface area contributed by atoms with Gasteiger partial charge in [0.05, 0.1) is 18.8 Å². The van der Waals surface area contributed by atoms with Crippen LogP contribution in [0.3, 0.4) is 0 Å². The van der Waals surface area contributed by atoms with Gasteiger partial charge in [-0.25, -0.2) is 4.98 Å². The van der Waals surface area contributed by atoms with E-state index in [1.165, 1.54) is 0 Å². The van der Waals surface area contributed by atoms with Crippen molar-refractivity contribution in [1.29, 1.82) is 0 Å². The van der Waals surface area contributed by atoms with Gasteiger partial charge in [-0.3, -0.25) is 19.2 Å². The molecule has 1 aliphatic heterocycles. The molecule has 2 atom stereocenters. The smallest absolute Gasteiger partial charge is 0.242 e. The lowest BCUT2D eigenvalue weighted by Gasteiger charge is -2.23. The minimum absolute atomic E-state index is 0.0213. The quantitative estimate of drug-likeness (QED) is 0.136. The summed E-state index contributed by atoms with van der Waals surface area (Å²) in [7, 11) is 1.76. The number of imidazole rings is 1. The Morgan fingerprint density at radius 1 is 0.957 bits per heavy atom. The lowest BCUT2D eigenvalue weighted by molar-refractivity contribution is -0.134. The summed E-state index contributed by atoms with van der Waals surface area (Å²) < 4.78 is 0. The summed E-state index contributed by atoms with van der Waals surface area (Å²) in [6.45, 7) is 1.60. The van der Waals surface area contributed by atoms with Crippen LogP contribution >= 0.6 is 0 Å². The second kappa shape index (κ2) is 16.6. The summed E-state index contributed by atoms with van der Waals surface area (Å²) in [5.41, 5.74) is 3.37. The molecule has 1 saturated heterocycles. The van der Waals surface area contributed by atoms with Crippen molar-refractivity contribution in [2.75, 3.05) is 26.7 Å². The fraction of sp³-hybridized carbons (Fsp3) is 0.417. The first-order valence-electron chi connectivity index (χ1n) is 16.4. The van der Waals surface area contributed by atoms with E-state index in [0.29, 0.717) is 50.4 Å². The van der Waals surface area contributed by atoms with Crippen molar-refractivity contribution in [3.05, 3.63) is 89.0 Å². The number of likely N-dealkylation sites (tertiary alicyclic amines) is 1. The summed E-state index contributed by atoms with van der Waals surface area (Å²) in [6, 6.07) is 16.7. The molecule has 47 heavy (non-hydrogen) atoms. The van der Waals surface area contributed by atoms with Crippen molar-refractivity contribution in [2.24, 2.45) is 5.92 Å². The van der Waals surface area contributed by atoms with Crippen molar-refractivity contribution in [1.82, 2.24) is 36.1 Å². The molecular formula is C36H43N7O4. The second-order valence-electron chi connectivity index (χ2n) is 12.0. The first kappa shape index (κ1) is 33.4. The first-order chi connectivity index (χ1) is 22.9. The van der Waals surface area contributed by atoms with Crippen LogP contribution in [0.1, 0.15) is 85.2 Å². The van der Waals surface area contributed by atoms with Crippen molar-refractivity contribution >= 4 is 23.6 Å². The van der Waals surface area contributed by atoms with Gasteiger partial charge in [0.2, 0.25) is 23.6 Å². The number of hydrogen-bond acceptors (Lipinski definition) is 6. The van der Waals surface area contributed by atoms with Gasteiger partial charge in [-0.15, -0.1) is 0 Å². The van der Waals surface area contributed by atoms with Crippen LogP contribution in [-0.4, -0.2) is 65.2 Å². The highest BCUT2D eigenvalue weighted by Crippen LogP contribution is 2.31. The number of amides is 4. The van der Waals surface area contributed by atoms with Crippen molar-refractivity contribution in [2.45, 2.75) is 63.6 Å². The van der Waals surface area contributed by atoms with E-state index >= 15 is 0 Å². The summed E-state index contributed by atoms with van der Waals surface area (Å²) in [5, 5.41) is 11.7. The second-order valence-corrected chi connectivity index (χ2v) is 12.0. The highest BCUT2D eigenvalue weighted by molar-refractivity contribution is 5.87. The molecule has 4 amide bonds. The normalized spacial score (nSPS) is 16.1. The van der Waals surface area contributed by atoms with Gasteiger partial charge in [-0.2, -0.15) is 0 Å². The fourth-order valence-electron chi connectivity index (χ4n) is 5.63. The van der Waals surface area contributed by atoms with Gasteiger partial charge in [0.15, 0.2) is 0 Å². The van der Waals surface area contributed by atoms with E-state index in [-0.39, 0.29) is 42.1 Å². The molecule has 0 radical (unpaired) electrons. The Morgan fingerprint density at radius 2 is 1.74 bits per heavy atom. The minimum atomic E-state index is -0.402. The number of hydrogen-bond donors (Lipinski definition) is 5. The molecule has 11 heteroatoms. The van der Waals surface area contributed by atoms with Gasteiger partial charge >= 0.3 is 0 Å². The van der Waals surface area contributed by atoms with Crippen LogP contribution in [0.2, 0.25) is 0 Å². The number of nitrogens with zero attached hydrogens (tertiary/aromatic N) is 2. The lowest BCUT2D eigenvalue weighted by Crippen LogP contribution is -2.40. The maximum Gasteiger partial charge on any atom is 0.242 e. The summed E-state index contributed by atoms with van der Waals surface area (Å²) in [4.78, 5) is 59.1. The predicted molar refractivity (Wildman–Crippen MR) is 177 cm³/mol. The monoisotopic (exact) mass is 637 g/mol.